The van der Waals surface area contributed by atoms with Gasteiger partial charge in [0.05, 0.1) is 30.6 Å². The Labute approximate surface area is 148 Å². The third-order valence-electron chi connectivity index (χ3n) is 4.04. The Morgan fingerprint density at radius 2 is 2.28 bits per heavy atom. The maximum atomic E-state index is 10.9. The van der Waals surface area contributed by atoms with E-state index in [2.05, 4.69) is 10.1 Å². The minimum absolute atomic E-state index is 0.178. The quantitative estimate of drug-likeness (QED) is 0.701. The first-order valence-electron chi connectivity index (χ1n) is 8.11. The second-order valence-corrected chi connectivity index (χ2v) is 7.08. The zero-order valence-electron chi connectivity index (χ0n) is 13.5. The fraction of sp³-hybridized carbons (Fsp3) is 0.278. The van der Waals surface area contributed by atoms with E-state index in [1.165, 1.54) is 36.6 Å². The van der Waals surface area contributed by atoms with Gasteiger partial charge < -0.3 is 9.84 Å². The molecule has 1 aliphatic carbocycles. The first-order valence-corrected chi connectivity index (χ1v) is 8.99. The average Bonchev–Trinajstić information content (AvgIpc) is 3.12. The summed E-state index contributed by atoms with van der Waals surface area (Å²) >= 11 is 1.53. The largest absolute Gasteiger partial charge is 0.493 e. The van der Waals surface area contributed by atoms with Crippen molar-refractivity contribution in [2.24, 2.45) is 5.92 Å². The van der Waals surface area contributed by atoms with Gasteiger partial charge in [0, 0.05) is 17.1 Å². The van der Waals surface area contributed by atoms with Gasteiger partial charge >= 0.3 is 5.97 Å². The van der Waals surface area contributed by atoms with E-state index in [4.69, 9.17) is 9.84 Å². The number of hydrogen-bond acceptors (Lipinski definition) is 5. The molecule has 1 N–H and O–H groups in total. The molecule has 6 nitrogen and oxygen atoms in total. The molecule has 0 spiro atoms. The second-order valence-electron chi connectivity index (χ2n) is 6.14. The van der Waals surface area contributed by atoms with Crippen molar-refractivity contribution in [2.75, 3.05) is 6.61 Å². The first-order chi connectivity index (χ1) is 12.2. The van der Waals surface area contributed by atoms with E-state index in [-0.39, 0.29) is 5.56 Å². The molecule has 0 saturated heterocycles. The number of ether oxygens (including phenoxy) is 1. The van der Waals surface area contributed by atoms with Crippen LogP contribution in [0.1, 0.15) is 28.2 Å². The van der Waals surface area contributed by atoms with E-state index in [1.807, 2.05) is 29.6 Å². The monoisotopic (exact) mass is 355 g/mol. The van der Waals surface area contributed by atoms with Gasteiger partial charge in [-0.05, 0) is 30.9 Å². The van der Waals surface area contributed by atoms with Crippen LogP contribution in [0.2, 0.25) is 0 Å². The number of thiazole rings is 1. The molecule has 3 aromatic rings. The summed E-state index contributed by atoms with van der Waals surface area (Å²) in [5, 5.41) is 15.9. The van der Waals surface area contributed by atoms with Crippen LogP contribution in [-0.2, 0) is 6.54 Å². The Hall–Kier alpha value is -2.67. The van der Waals surface area contributed by atoms with Crippen LogP contribution in [0.5, 0.6) is 5.75 Å². The highest BCUT2D eigenvalue weighted by molar-refractivity contribution is 7.09. The molecule has 0 aliphatic heterocycles. The van der Waals surface area contributed by atoms with Gasteiger partial charge in [0.25, 0.3) is 0 Å². The van der Waals surface area contributed by atoms with Crippen LogP contribution in [-0.4, -0.2) is 32.4 Å². The van der Waals surface area contributed by atoms with Crippen molar-refractivity contribution in [2.45, 2.75) is 19.4 Å². The van der Waals surface area contributed by atoms with Gasteiger partial charge in [0.2, 0.25) is 0 Å². The number of hydrogen-bond donors (Lipinski definition) is 1. The SMILES string of the molecule is O=C(O)c1cnn(Cc2nc(-c3cccc(OCC4CC4)c3)cs2)c1. The number of benzene rings is 1. The molecule has 1 aromatic carbocycles. The molecule has 1 fully saturated rings. The van der Waals surface area contributed by atoms with Crippen molar-refractivity contribution >= 4 is 17.3 Å². The number of carboxylic acids is 1. The van der Waals surface area contributed by atoms with Crippen LogP contribution in [0.4, 0.5) is 0 Å². The minimum Gasteiger partial charge on any atom is -0.493 e. The summed E-state index contributed by atoms with van der Waals surface area (Å²) in [5.41, 5.74) is 2.09. The lowest BCUT2D eigenvalue weighted by atomic mass is 10.1. The van der Waals surface area contributed by atoms with Gasteiger partial charge in [-0.15, -0.1) is 11.3 Å². The molecule has 2 heterocycles. The molecule has 0 atom stereocenters. The number of carbonyl (C=O) groups is 1. The minimum atomic E-state index is -0.978. The fourth-order valence-corrected chi connectivity index (χ4v) is 3.25. The first kappa shape index (κ1) is 15.8. The molecule has 1 saturated carbocycles. The molecule has 0 unspecified atom stereocenters. The number of rotatable bonds is 7. The van der Waals surface area contributed by atoms with Gasteiger partial charge in [-0.3, -0.25) is 4.68 Å². The molecule has 25 heavy (non-hydrogen) atoms. The summed E-state index contributed by atoms with van der Waals surface area (Å²) in [6, 6.07) is 7.97. The smallest absolute Gasteiger partial charge is 0.338 e. The van der Waals surface area contributed by atoms with Crippen LogP contribution in [0.15, 0.2) is 42.0 Å². The Kier molecular flexibility index (Phi) is 4.23. The van der Waals surface area contributed by atoms with Crippen LogP contribution < -0.4 is 4.74 Å². The van der Waals surface area contributed by atoms with Crippen LogP contribution in [0.25, 0.3) is 11.3 Å². The van der Waals surface area contributed by atoms with Crippen molar-refractivity contribution in [3.63, 3.8) is 0 Å². The van der Waals surface area contributed by atoms with Gasteiger partial charge in [0.15, 0.2) is 0 Å². The standard InChI is InChI=1S/C18H17N3O3S/c22-18(23)14-7-19-21(8-14)9-17-20-16(11-25-17)13-2-1-3-15(6-13)24-10-12-4-5-12/h1-3,6-8,11-12H,4-5,9-10H2,(H,22,23). The lowest BCUT2D eigenvalue weighted by molar-refractivity contribution is 0.0697. The van der Waals surface area contributed by atoms with Crippen LogP contribution in [0, 0.1) is 5.92 Å². The van der Waals surface area contributed by atoms with Crippen LogP contribution >= 0.6 is 11.3 Å². The Morgan fingerprint density at radius 3 is 3.04 bits per heavy atom. The number of nitrogens with zero attached hydrogens (tertiary/aromatic N) is 3. The summed E-state index contributed by atoms with van der Waals surface area (Å²) < 4.78 is 7.41. The molecular formula is C18H17N3O3S. The van der Waals surface area contributed by atoms with Crippen molar-refractivity contribution in [3.8, 4) is 17.0 Å². The predicted octanol–water partition coefficient (Wildman–Crippen LogP) is 3.54. The van der Waals surface area contributed by atoms with E-state index in [0.29, 0.717) is 6.54 Å². The normalized spacial score (nSPS) is 13.8. The average molecular weight is 355 g/mol. The van der Waals surface area contributed by atoms with E-state index < -0.39 is 5.97 Å². The topological polar surface area (TPSA) is 77.2 Å². The summed E-state index contributed by atoms with van der Waals surface area (Å²) in [6.45, 7) is 1.24. The maximum absolute atomic E-state index is 10.9. The molecule has 0 bridgehead atoms. The van der Waals surface area contributed by atoms with Crippen molar-refractivity contribution < 1.29 is 14.6 Å². The predicted molar refractivity (Wildman–Crippen MR) is 94.1 cm³/mol. The molecule has 0 amide bonds. The Balaban J connectivity index is 1.46. The van der Waals surface area contributed by atoms with Crippen molar-refractivity contribution in [3.05, 3.63) is 52.6 Å². The van der Waals surface area contributed by atoms with Gasteiger partial charge in [-0.2, -0.15) is 5.10 Å². The number of carboxylic acid groups (broad SMARTS) is 1. The third-order valence-corrected chi connectivity index (χ3v) is 4.88. The van der Waals surface area contributed by atoms with Crippen LogP contribution in [0.3, 0.4) is 0 Å². The highest BCUT2D eigenvalue weighted by Gasteiger charge is 2.21. The zero-order valence-corrected chi connectivity index (χ0v) is 14.3. The lowest BCUT2D eigenvalue weighted by Gasteiger charge is -2.06. The van der Waals surface area contributed by atoms with Crippen molar-refractivity contribution in [1.29, 1.82) is 0 Å². The second kappa shape index (κ2) is 6.68. The highest BCUT2D eigenvalue weighted by atomic mass is 32.1. The molecular weight excluding hydrogens is 338 g/mol. The van der Waals surface area contributed by atoms with Crippen molar-refractivity contribution in [1.82, 2.24) is 14.8 Å². The van der Waals surface area contributed by atoms with E-state index in [0.717, 1.165) is 34.5 Å². The molecule has 7 heteroatoms. The summed E-state index contributed by atoms with van der Waals surface area (Å²) in [4.78, 5) is 15.5. The Morgan fingerprint density at radius 1 is 1.40 bits per heavy atom. The Bertz CT molecular complexity index is 898. The van der Waals surface area contributed by atoms with E-state index in [1.54, 1.807) is 4.68 Å². The molecule has 128 valence electrons. The lowest BCUT2D eigenvalue weighted by Crippen LogP contribution is -2.00. The van der Waals surface area contributed by atoms with Gasteiger partial charge in [0.1, 0.15) is 10.8 Å². The van der Waals surface area contributed by atoms with E-state index >= 15 is 0 Å². The molecule has 4 rings (SSSR count). The third kappa shape index (κ3) is 3.88. The summed E-state index contributed by atoms with van der Waals surface area (Å²) in [5.74, 6) is 0.616. The number of aromatic nitrogens is 3. The number of aromatic carboxylic acids is 1. The fourth-order valence-electron chi connectivity index (χ4n) is 2.46. The molecule has 2 aromatic heterocycles. The van der Waals surface area contributed by atoms with Gasteiger partial charge in [-0.25, -0.2) is 9.78 Å². The summed E-state index contributed by atoms with van der Waals surface area (Å²) in [7, 11) is 0. The molecule has 0 radical (unpaired) electrons. The highest BCUT2D eigenvalue weighted by Crippen LogP contribution is 2.31. The summed E-state index contributed by atoms with van der Waals surface area (Å²) in [6.07, 6.45) is 5.39. The zero-order chi connectivity index (χ0) is 17.2. The van der Waals surface area contributed by atoms with E-state index in [9.17, 15) is 4.79 Å². The van der Waals surface area contributed by atoms with Gasteiger partial charge in [-0.1, -0.05) is 12.1 Å². The maximum Gasteiger partial charge on any atom is 0.338 e. The molecule has 1 aliphatic rings.